The van der Waals surface area contributed by atoms with Crippen molar-refractivity contribution in [2.75, 3.05) is 19.0 Å². The molecule has 4 aromatic rings. The first-order valence-electron chi connectivity index (χ1n) is 11.2. The third-order valence-electron chi connectivity index (χ3n) is 5.94. The van der Waals surface area contributed by atoms with Gasteiger partial charge in [-0.15, -0.1) is 0 Å². The maximum Gasteiger partial charge on any atom is 0.435 e. The van der Waals surface area contributed by atoms with Crippen LogP contribution in [0.2, 0.25) is 0 Å². The molecule has 37 heavy (non-hydrogen) atoms. The number of rotatable bonds is 6. The summed E-state index contributed by atoms with van der Waals surface area (Å²) in [5.41, 5.74) is 5.16. The summed E-state index contributed by atoms with van der Waals surface area (Å²) in [5, 5.41) is 6.93. The number of anilines is 1. The van der Waals surface area contributed by atoms with Crippen molar-refractivity contribution in [1.82, 2.24) is 25.2 Å². The highest BCUT2D eigenvalue weighted by atomic mass is 19.4. The molecular formula is C25H20F4N6O2. The van der Waals surface area contributed by atoms with Crippen molar-refractivity contribution in [3.8, 4) is 27.9 Å². The van der Waals surface area contributed by atoms with Crippen molar-refractivity contribution in [2.24, 2.45) is 0 Å². The molecular weight excluding hydrogens is 492 g/mol. The fraction of sp³-hybridized carbons (Fsp3) is 0.200. The summed E-state index contributed by atoms with van der Waals surface area (Å²) in [7, 11) is 1.28. The summed E-state index contributed by atoms with van der Waals surface area (Å²) in [6, 6.07) is 5.09. The van der Waals surface area contributed by atoms with Gasteiger partial charge in [0.25, 0.3) is 5.91 Å². The lowest BCUT2D eigenvalue weighted by Crippen LogP contribution is -2.21. The number of fused-ring (bicyclic) bond motifs is 3. The van der Waals surface area contributed by atoms with Crippen LogP contribution >= 0.6 is 0 Å². The molecule has 12 heteroatoms. The highest BCUT2D eigenvalue weighted by Crippen LogP contribution is 2.46. The fourth-order valence-corrected chi connectivity index (χ4v) is 4.43. The number of nitrogens with zero attached hydrogens (tertiary/aromatic N) is 4. The molecule has 0 fully saturated rings. The van der Waals surface area contributed by atoms with Crippen molar-refractivity contribution in [3.05, 3.63) is 77.4 Å². The maximum atomic E-state index is 14.7. The fourth-order valence-electron chi connectivity index (χ4n) is 4.43. The molecule has 190 valence electrons. The van der Waals surface area contributed by atoms with Crippen LogP contribution in [0.3, 0.4) is 0 Å². The lowest BCUT2D eigenvalue weighted by atomic mass is 9.98. The minimum Gasteiger partial charge on any atom is -0.385 e. The molecule has 0 atom stereocenters. The molecule has 0 unspecified atom stereocenters. The minimum atomic E-state index is -4.66. The molecule has 1 aromatic carbocycles. The Hall–Kier alpha value is -4.32. The monoisotopic (exact) mass is 512 g/mol. The van der Waals surface area contributed by atoms with E-state index in [1.54, 1.807) is 0 Å². The van der Waals surface area contributed by atoms with Gasteiger partial charge in [0.05, 0.1) is 24.1 Å². The molecule has 1 aliphatic rings. The van der Waals surface area contributed by atoms with Crippen molar-refractivity contribution in [1.29, 1.82) is 0 Å². The number of amides is 1. The number of halogens is 4. The molecule has 3 heterocycles. The van der Waals surface area contributed by atoms with Crippen LogP contribution < -0.4 is 10.8 Å². The second kappa shape index (κ2) is 9.28. The largest absolute Gasteiger partial charge is 0.435 e. The van der Waals surface area contributed by atoms with E-state index in [1.807, 2.05) is 6.92 Å². The summed E-state index contributed by atoms with van der Waals surface area (Å²) in [4.78, 5) is 25.6. The van der Waals surface area contributed by atoms with E-state index < -0.39 is 23.6 Å². The first kappa shape index (κ1) is 24.4. The number of hydrogen-bond donors (Lipinski definition) is 2. The Balaban J connectivity index is 1.78. The standard InChI is InChI=1S/C25H20F4N6O2/c1-3-31-19-8-15(26)7-17-16(19)9-20-22(17)23(35-5-4-21(33-35)25(27,28)29)18(12-32-20)13-6-14(11-30-10-13)24(36)34-37-2/h4-8,10-12,31H,3,9H2,1-2H3,(H,34,36). The predicted molar refractivity (Wildman–Crippen MR) is 126 cm³/mol. The van der Waals surface area contributed by atoms with E-state index in [4.69, 9.17) is 0 Å². The normalized spacial score (nSPS) is 12.3. The molecule has 0 spiro atoms. The maximum absolute atomic E-state index is 14.7. The number of carbonyl (C=O) groups is 1. The smallest absolute Gasteiger partial charge is 0.385 e. The first-order chi connectivity index (χ1) is 17.7. The van der Waals surface area contributed by atoms with Gasteiger partial charge >= 0.3 is 6.18 Å². The Morgan fingerprint density at radius 3 is 2.68 bits per heavy atom. The second-order valence-corrected chi connectivity index (χ2v) is 8.27. The predicted octanol–water partition coefficient (Wildman–Crippen LogP) is 4.78. The summed E-state index contributed by atoms with van der Waals surface area (Å²) in [5.74, 6) is -1.07. The van der Waals surface area contributed by atoms with Gasteiger partial charge in [-0.05, 0) is 42.3 Å². The number of alkyl halides is 3. The van der Waals surface area contributed by atoms with E-state index in [2.05, 4.69) is 30.7 Å². The van der Waals surface area contributed by atoms with Gasteiger partial charge in [-0.25, -0.2) is 14.6 Å². The molecule has 0 aliphatic heterocycles. The van der Waals surface area contributed by atoms with E-state index in [9.17, 15) is 22.4 Å². The molecule has 1 aliphatic carbocycles. The van der Waals surface area contributed by atoms with Crippen LogP contribution in [0.15, 0.2) is 49.1 Å². The van der Waals surface area contributed by atoms with Gasteiger partial charge in [-0.1, -0.05) is 0 Å². The molecule has 0 radical (unpaired) electrons. The Labute approximate surface area is 208 Å². The minimum absolute atomic E-state index is 0.156. The Kier molecular flexibility index (Phi) is 6.12. The number of benzene rings is 1. The topological polar surface area (TPSA) is 94.0 Å². The Morgan fingerprint density at radius 1 is 1.16 bits per heavy atom. The molecule has 0 saturated heterocycles. The second-order valence-electron chi connectivity index (χ2n) is 8.27. The lowest BCUT2D eigenvalue weighted by Gasteiger charge is -2.16. The van der Waals surface area contributed by atoms with Crippen LogP contribution in [-0.2, 0) is 17.4 Å². The van der Waals surface area contributed by atoms with Crippen LogP contribution in [0.25, 0.3) is 27.9 Å². The summed E-state index contributed by atoms with van der Waals surface area (Å²) in [6.07, 6.45) is 1.15. The average molecular weight is 512 g/mol. The van der Waals surface area contributed by atoms with E-state index in [0.29, 0.717) is 46.6 Å². The molecule has 5 rings (SSSR count). The highest BCUT2D eigenvalue weighted by Gasteiger charge is 2.35. The molecule has 3 aromatic heterocycles. The van der Waals surface area contributed by atoms with Gasteiger partial charge in [-0.3, -0.25) is 19.6 Å². The SMILES string of the molecule is CCNc1cc(F)cc2c1Cc1ncc(-c3cncc(C(=O)NOC)c3)c(-n3ccc(C(F)(F)F)n3)c1-2. The van der Waals surface area contributed by atoms with Crippen LogP contribution in [0.1, 0.15) is 34.2 Å². The first-order valence-corrected chi connectivity index (χ1v) is 11.2. The van der Waals surface area contributed by atoms with Crippen molar-refractivity contribution < 1.29 is 27.2 Å². The summed E-state index contributed by atoms with van der Waals surface area (Å²) in [6.45, 7) is 2.43. The van der Waals surface area contributed by atoms with Crippen molar-refractivity contribution in [2.45, 2.75) is 19.5 Å². The molecule has 0 bridgehead atoms. The number of carbonyl (C=O) groups excluding carboxylic acids is 1. The number of pyridine rings is 2. The summed E-state index contributed by atoms with van der Waals surface area (Å²) < 4.78 is 56.1. The number of hydrogen-bond acceptors (Lipinski definition) is 6. The number of hydroxylamine groups is 1. The van der Waals surface area contributed by atoms with Gasteiger partial charge in [0.15, 0.2) is 5.69 Å². The molecule has 0 saturated carbocycles. The van der Waals surface area contributed by atoms with E-state index in [0.717, 1.165) is 16.3 Å². The highest BCUT2D eigenvalue weighted by molar-refractivity contribution is 5.96. The van der Waals surface area contributed by atoms with Gasteiger partial charge < -0.3 is 5.32 Å². The molecule has 1 amide bonds. The van der Waals surface area contributed by atoms with Crippen molar-refractivity contribution >= 4 is 11.6 Å². The zero-order chi connectivity index (χ0) is 26.3. The van der Waals surface area contributed by atoms with E-state index >= 15 is 0 Å². The van der Waals surface area contributed by atoms with Gasteiger partial charge in [-0.2, -0.15) is 18.3 Å². The van der Waals surface area contributed by atoms with Crippen LogP contribution in [0.5, 0.6) is 0 Å². The third-order valence-corrected chi connectivity index (χ3v) is 5.94. The lowest BCUT2D eigenvalue weighted by molar-refractivity contribution is -0.141. The van der Waals surface area contributed by atoms with Gasteiger partial charge in [0, 0.05) is 60.1 Å². The average Bonchev–Trinajstić information content (AvgIpc) is 3.50. The molecule has 8 nitrogen and oxygen atoms in total. The van der Waals surface area contributed by atoms with Crippen LogP contribution in [-0.4, -0.2) is 39.3 Å². The van der Waals surface area contributed by atoms with Crippen LogP contribution in [0, 0.1) is 5.82 Å². The summed E-state index contributed by atoms with van der Waals surface area (Å²) >= 11 is 0. The van der Waals surface area contributed by atoms with Gasteiger partial charge in [0.2, 0.25) is 0 Å². The van der Waals surface area contributed by atoms with Crippen LogP contribution in [0.4, 0.5) is 23.2 Å². The Morgan fingerprint density at radius 2 is 1.97 bits per heavy atom. The molecule has 2 N–H and O–H groups in total. The number of nitrogens with one attached hydrogen (secondary N) is 2. The Bertz CT molecular complexity index is 1520. The quantitative estimate of drug-likeness (QED) is 0.251. The third kappa shape index (κ3) is 4.40. The van der Waals surface area contributed by atoms with Gasteiger partial charge in [0.1, 0.15) is 5.82 Å². The zero-order valence-corrected chi connectivity index (χ0v) is 19.7. The number of aromatic nitrogens is 4. The van der Waals surface area contributed by atoms with E-state index in [-0.39, 0.29) is 11.3 Å². The van der Waals surface area contributed by atoms with E-state index in [1.165, 1.54) is 50.1 Å². The van der Waals surface area contributed by atoms with Crippen molar-refractivity contribution in [3.63, 3.8) is 0 Å². The zero-order valence-electron chi connectivity index (χ0n) is 19.7.